The zero-order valence-electron chi connectivity index (χ0n) is 24.1. The van der Waals surface area contributed by atoms with Crippen molar-refractivity contribution in [2.45, 2.75) is 77.2 Å². The number of rotatable bonds is 7. The maximum absolute atomic E-state index is 3.26. The first-order valence-corrected chi connectivity index (χ1v) is 20.8. The van der Waals surface area contributed by atoms with Crippen LogP contribution in [0.1, 0.15) is 54.4 Å². The van der Waals surface area contributed by atoms with Crippen molar-refractivity contribution in [3.8, 4) is 0 Å². The monoisotopic (exact) mass is 556 g/mol. The van der Waals surface area contributed by atoms with Gasteiger partial charge in [0.1, 0.15) is 0 Å². The Morgan fingerprint density at radius 1 is 0.763 bits per heavy atom. The maximum Gasteiger partial charge on any atom is 0.0776 e. The summed E-state index contributed by atoms with van der Waals surface area (Å²) in [7, 11) is 1.34. The van der Waals surface area contributed by atoms with Crippen molar-refractivity contribution in [2.24, 2.45) is 23.7 Å². The molecule has 4 aliphatic rings. The van der Waals surface area contributed by atoms with E-state index in [1.165, 1.54) is 49.4 Å². The molecule has 0 heterocycles. The Morgan fingerprint density at radius 3 is 1.76 bits per heavy atom. The third-order valence-corrected chi connectivity index (χ3v) is 16.1. The predicted octanol–water partition coefficient (Wildman–Crippen LogP) is 8.05. The third-order valence-electron chi connectivity index (χ3n) is 10.5. The van der Waals surface area contributed by atoms with Crippen molar-refractivity contribution >= 4 is 41.0 Å². The van der Waals surface area contributed by atoms with Crippen molar-refractivity contribution in [1.82, 2.24) is 0 Å². The Balaban J connectivity index is 1.53. The maximum atomic E-state index is 3.26. The number of hydrogen-bond donors (Lipinski definition) is 0. The zero-order chi connectivity index (χ0) is 26.7. The summed E-state index contributed by atoms with van der Waals surface area (Å²) in [6.07, 6.45) is 9.81. The molecule has 0 aromatic heterocycles. The van der Waals surface area contributed by atoms with Crippen LogP contribution < -0.4 is 15.8 Å². The lowest BCUT2D eigenvalue weighted by molar-refractivity contribution is -0.0502. The largest absolute Gasteiger partial charge is 0.137 e. The Labute approximate surface area is 236 Å². The van der Waals surface area contributed by atoms with E-state index in [-0.39, 0.29) is 0 Å². The first kappa shape index (κ1) is 26.9. The van der Waals surface area contributed by atoms with E-state index in [0.717, 1.165) is 29.8 Å². The Kier molecular flexibility index (Phi) is 7.29. The van der Waals surface area contributed by atoms with Crippen LogP contribution in [0, 0.1) is 37.5 Å². The van der Waals surface area contributed by atoms with Gasteiger partial charge in [-0.1, -0.05) is 91.6 Å². The first-order chi connectivity index (χ1) is 18.2. The van der Waals surface area contributed by atoms with Crippen molar-refractivity contribution < 1.29 is 0 Å². The van der Waals surface area contributed by atoms with Gasteiger partial charge >= 0.3 is 0 Å². The third kappa shape index (κ3) is 4.60. The average molecular weight is 557 g/mol. The molecule has 4 bridgehead atoms. The highest BCUT2D eigenvalue weighted by molar-refractivity contribution is 7.72. The fraction of sp³-hybridized carbons (Fsp3) is 0.486. The van der Waals surface area contributed by atoms with Crippen molar-refractivity contribution in [3.63, 3.8) is 0 Å². The Hall–Kier alpha value is -1.26. The molecule has 4 aliphatic carbocycles. The summed E-state index contributed by atoms with van der Waals surface area (Å²) >= 11 is 0. The van der Waals surface area contributed by atoms with Crippen LogP contribution in [0.3, 0.4) is 0 Å². The van der Waals surface area contributed by atoms with Crippen LogP contribution in [-0.2, 0) is 11.6 Å². The second kappa shape index (κ2) is 10.3. The predicted molar refractivity (Wildman–Crippen MR) is 175 cm³/mol. The molecule has 4 saturated carbocycles. The molecule has 200 valence electrons. The van der Waals surface area contributed by atoms with Gasteiger partial charge in [-0.3, -0.25) is 0 Å². The van der Waals surface area contributed by atoms with E-state index in [9.17, 15) is 0 Å². The zero-order valence-corrected chi connectivity index (χ0v) is 27.2. The molecule has 0 aliphatic heterocycles. The van der Waals surface area contributed by atoms with E-state index in [2.05, 4.69) is 109 Å². The molecular weight excluding hydrogens is 510 g/mol. The van der Waals surface area contributed by atoms with E-state index >= 15 is 0 Å². The topological polar surface area (TPSA) is 0 Å². The van der Waals surface area contributed by atoms with Crippen LogP contribution in [0.4, 0.5) is 0 Å². The average Bonchev–Trinajstić information content (AvgIpc) is 2.88. The van der Waals surface area contributed by atoms with Crippen molar-refractivity contribution in [2.75, 3.05) is 6.16 Å². The molecule has 0 radical (unpaired) electrons. The van der Waals surface area contributed by atoms with Crippen molar-refractivity contribution in [3.05, 3.63) is 89.0 Å². The fourth-order valence-electron chi connectivity index (χ4n) is 8.76. The Morgan fingerprint density at radius 2 is 1.29 bits per heavy atom. The molecule has 4 fully saturated rings. The quantitative estimate of drug-likeness (QED) is 0.204. The number of benzene rings is 3. The lowest BCUT2D eigenvalue weighted by Gasteiger charge is -2.62. The molecule has 1 unspecified atom stereocenters. The molecular formula is C35H46P2Si. The molecule has 0 spiro atoms. The minimum atomic E-state index is -1.43. The van der Waals surface area contributed by atoms with Gasteiger partial charge in [0.2, 0.25) is 0 Å². The fourth-order valence-corrected chi connectivity index (χ4v) is 13.6. The van der Waals surface area contributed by atoms with Gasteiger partial charge in [-0.15, -0.1) is 9.24 Å². The molecule has 1 atom stereocenters. The highest BCUT2D eigenvalue weighted by Gasteiger charge is 2.57. The van der Waals surface area contributed by atoms with Gasteiger partial charge in [-0.2, -0.15) is 0 Å². The normalized spacial score (nSPS) is 28.3. The summed E-state index contributed by atoms with van der Waals surface area (Å²) in [6, 6.07) is 26.3. The Bertz CT molecular complexity index is 1250. The molecule has 3 aromatic carbocycles. The smallest absolute Gasteiger partial charge is 0.0776 e. The van der Waals surface area contributed by atoms with Gasteiger partial charge in [0.25, 0.3) is 0 Å². The lowest BCUT2D eigenvalue weighted by atomic mass is 9.44. The first-order valence-electron chi connectivity index (χ1n) is 14.9. The van der Waals surface area contributed by atoms with E-state index in [0.29, 0.717) is 5.41 Å². The van der Waals surface area contributed by atoms with E-state index in [4.69, 9.17) is 0 Å². The van der Waals surface area contributed by atoms with Gasteiger partial charge < -0.3 is 0 Å². The van der Waals surface area contributed by atoms with Gasteiger partial charge in [0, 0.05) is 11.6 Å². The molecule has 3 aromatic rings. The van der Waals surface area contributed by atoms with Crippen LogP contribution in [0.15, 0.2) is 66.7 Å². The molecule has 3 heteroatoms. The van der Waals surface area contributed by atoms with E-state index in [1.807, 2.05) is 0 Å². The highest BCUT2D eigenvalue weighted by atomic mass is 31.1. The molecule has 38 heavy (non-hydrogen) atoms. The minimum Gasteiger partial charge on any atom is -0.137 e. The van der Waals surface area contributed by atoms with Gasteiger partial charge in [-0.25, -0.2) is 0 Å². The molecule has 0 saturated heterocycles. The summed E-state index contributed by atoms with van der Waals surface area (Å²) in [5.41, 5.74) is 6.65. The second-order valence-electron chi connectivity index (χ2n) is 13.8. The summed E-state index contributed by atoms with van der Waals surface area (Å²) in [4.78, 5) is 0. The second-order valence-corrected chi connectivity index (χ2v) is 21.5. The van der Waals surface area contributed by atoms with Crippen LogP contribution in [0.2, 0.25) is 19.6 Å². The summed E-state index contributed by atoms with van der Waals surface area (Å²) in [5.74, 6) is 3.75. The minimum absolute atomic E-state index is 0.351. The standard InChI is InChI=1S/C35H46P2Si/c1-24-10-6-8-12-33(24)37(34-13-9-7-11-25(34)2)22-28-21-31(38(3,4)5)14-15-32(28)35(23-36)29-17-26-16-27(19-29)20-30(35)18-26/h6-15,21,26-27,29-30H,16-20,22-23,36H2,1-5H3. The van der Waals surface area contributed by atoms with Crippen molar-refractivity contribution in [1.29, 1.82) is 0 Å². The summed E-state index contributed by atoms with van der Waals surface area (Å²) in [6.45, 7) is 12.2. The van der Waals surface area contributed by atoms with Crippen LogP contribution >= 0.6 is 17.2 Å². The summed E-state index contributed by atoms with van der Waals surface area (Å²) < 4.78 is 0. The van der Waals surface area contributed by atoms with Crippen LogP contribution in [-0.4, -0.2) is 14.2 Å². The van der Waals surface area contributed by atoms with Gasteiger partial charge in [0.05, 0.1) is 8.07 Å². The number of hydrogen-bond acceptors (Lipinski definition) is 0. The molecule has 0 N–H and O–H groups in total. The van der Waals surface area contributed by atoms with E-state index in [1.54, 1.807) is 26.9 Å². The summed E-state index contributed by atoms with van der Waals surface area (Å²) in [5, 5.41) is 4.75. The SMILES string of the molecule is Cc1ccccc1P(Cc1cc([Si](C)(C)C)ccc1C1(CP)C2CC3CC(C2)CC1C3)c1ccccc1C. The molecule has 0 nitrogen and oxygen atoms in total. The highest BCUT2D eigenvalue weighted by Crippen LogP contribution is 2.64. The molecule has 0 amide bonds. The lowest BCUT2D eigenvalue weighted by Crippen LogP contribution is -2.57. The van der Waals surface area contributed by atoms with Gasteiger partial charge in [-0.05, 0) is 117 Å². The van der Waals surface area contributed by atoms with E-state index < -0.39 is 16.0 Å². The van der Waals surface area contributed by atoms with Crippen LogP contribution in [0.5, 0.6) is 0 Å². The number of aryl methyl sites for hydroxylation is 2. The van der Waals surface area contributed by atoms with Crippen LogP contribution in [0.25, 0.3) is 0 Å². The van der Waals surface area contributed by atoms with Gasteiger partial charge in [0.15, 0.2) is 0 Å². The molecule has 7 rings (SSSR count).